The molecule has 0 aromatic carbocycles. The number of hydrogen-bond acceptors (Lipinski definition) is 3. The molecule has 1 saturated heterocycles. The lowest BCUT2D eigenvalue weighted by Crippen LogP contribution is -2.47. The first-order valence-electron chi connectivity index (χ1n) is 7.28. The smallest absolute Gasteiger partial charge is 0.323 e. The molecule has 5 heteroatoms. The summed E-state index contributed by atoms with van der Waals surface area (Å²) in [6.45, 7) is 1.11. The first-order valence-corrected chi connectivity index (χ1v) is 7.28. The Kier molecular flexibility index (Phi) is 3.48. The van der Waals surface area contributed by atoms with E-state index in [1.807, 2.05) is 0 Å². The SMILES string of the molecule is O=C(O)CN(C(=O)C1[C@H]2CCC[C@H]12)C1CCOCC1. The Morgan fingerprint density at radius 3 is 2.32 bits per heavy atom. The normalized spacial score (nSPS) is 33.8. The molecule has 19 heavy (non-hydrogen) atoms. The van der Waals surface area contributed by atoms with Gasteiger partial charge in [0.25, 0.3) is 0 Å². The van der Waals surface area contributed by atoms with Gasteiger partial charge in [0.1, 0.15) is 6.54 Å². The molecule has 5 nitrogen and oxygen atoms in total. The molecule has 0 aromatic heterocycles. The Morgan fingerprint density at radius 2 is 1.74 bits per heavy atom. The predicted octanol–water partition coefficient (Wildman–Crippen LogP) is 1.12. The molecule has 1 amide bonds. The maximum Gasteiger partial charge on any atom is 0.323 e. The van der Waals surface area contributed by atoms with Crippen molar-refractivity contribution in [2.45, 2.75) is 38.1 Å². The highest BCUT2D eigenvalue weighted by Gasteiger charge is 2.58. The van der Waals surface area contributed by atoms with Crippen LogP contribution in [-0.4, -0.2) is 47.7 Å². The van der Waals surface area contributed by atoms with Crippen molar-refractivity contribution >= 4 is 11.9 Å². The number of carboxylic acids is 1. The van der Waals surface area contributed by atoms with Crippen molar-refractivity contribution in [1.29, 1.82) is 0 Å². The number of carboxylic acid groups (broad SMARTS) is 1. The van der Waals surface area contributed by atoms with Crippen molar-refractivity contribution in [2.75, 3.05) is 19.8 Å². The van der Waals surface area contributed by atoms with Gasteiger partial charge in [-0.15, -0.1) is 0 Å². The second kappa shape index (κ2) is 5.12. The summed E-state index contributed by atoms with van der Waals surface area (Å²) in [4.78, 5) is 25.2. The van der Waals surface area contributed by atoms with E-state index in [1.54, 1.807) is 4.90 Å². The van der Waals surface area contributed by atoms with E-state index in [1.165, 1.54) is 6.42 Å². The van der Waals surface area contributed by atoms with Gasteiger partial charge in [0, 0.05) is 25.2 Å². The highest BCUT2D eigenvalue weighted by atomic mass is 16.5. The maximum atomic E-state index is 12.6. The lowest BCUT2D eigenvalue weighted by Gasteiger charge is -2.33. The molecule has 3 rings (SSSR count). The van der Waals surface area contributed by atoms with Crippen LogP contribution in [0.5, 0.6) is 0 Å². The van der Waals surface area contributed by atoms with Gasteiger partial charge >= 0.3 is 5.97 Å². The van der Waals surface area contributed by atoms with E-state index in [-0.39, 0.29) is 24.4 Å². The van der Waals surface area contributed by atoms with Crippen molar-refractivity contribution in [3.05, 3.63) is 0 Å². The largest absolute Gasteiger partial charge is 0.480 e. The number of carbonyl (C=O) groups is 2. The summed E-state index contributed by atoms with van der Waals surface area (Å²) < 4.78 is 5.30. The minimum absolute atomic E-state index is 0.0543. The second-order valence-corrected chi connectivity index (χ2v) is 5.99. The predicted molar refractivity (Wildman–Crippen MR) is 67.5 cm³/mol. The third kappa shape index (κ3) is 2.48. The molecule has 0 aromatic rings. The van der Waals surface area contributed by atoms with E-state index in [9.17, 15) is 9.59 Å². The zero-order valence-electron chi connectivity index (χ0n) is 11.1. The average molecular weight is 267 g/mol. The first-order chi connectivity index (χ1) is 9.18. The molecule has 0 radical (unpaired) electrons. The Labute approximate surface area is 112 Å². The molecule has 1 aliphatic heterocycles. The van der Waals surface area contributed by atoms with E-state index >= 15 is 0 Å². The van der Waals surface area contributed by atoms with Crippen LogP contribution in [0, 0.1) is 17.8 Å². The van der Waals surface area contributed by atoms with Crippen molar-refractivity contribution < 1.29 is 19.4 Å². The number of nitrogens with zero attached hydrogens (tertiary/aromatic N) is 1. The zero-order chi connectivity index (χ0) is 13.4. The van der Waals surface area contributed by atoms with E-state index in [0.29, 0.717) is 25.0 Å². The van der Waals surface area contributed by atoms with Crippen LogP contribution in [0.3, 0.4) is 0 Å². The van der Waals surface area contributed by atoms with Gasteiger partial charge in [0.05, 0.1) is 0 Å². The van der Waals surface area contributed by atoms with Crippen molar-refractivity contribution in [3.63, 3.8) is 0 Å². The summed E-state index contributed by atoms with van der Waals surface area (Å²) in [7, 11) is 0. The van der Waals surface area contributed by atoms with Crippen LogP contribution in [0.2, 0.25) is 0 Å². The Balaban J connectivity index is 1.67. The Morgan fingerprint density at radius 1 is 1.11 bits per heavy atom. The summed E-state index contributed by atoms with van der Waals surface area (Å²) in [5.41, 5.74) is 0. The number of ether oxygens (including phenoxy) is 1. The van der Waals surface area contributed by atoms with Gasteiger partial charge in [0.2, 0.25) is 5.91 Å². The zero-order valence-corrected chi connectivity index (χ0v) is 11.1. The van der Waals surface area contributed by atoms with Crippen molar-refractivity contribution in [2.24, 2.45) is 17.8 Å². The third-order valence-electron chi connectivity index (χ3n) is 4.91. The van der Waals surface area contributed by atoms with Crippen LogP contribution in [0.1, 0.15) is 32.1 Å². The van der Waals surface area contributed by atoms with E-state index in [4.69, 9.17) is 9.84 Å². The fraction of sp³-hybridized carbons (Fsp3) is 0.857. The number of fused-ring (bicyclic) bond motifs is 1. The van der Waals surface area contributed by atoms with Gasteiger partial charge in [-0.1, -0.05) is 6.42 Å². The summed E-state index contributed by atoms with van der Waals surface area (Å²) in [6.07, 6.45) is 5.06. The summed E-state index contributed by atoms with van der Waals surface area (Å²) in [6, 6.07) is 0.0543. The van der Waals surface area contributed by atoms with Crippen LogP contribution in [0.4, 0.5) is 0 Å². The van der Waals surface area contributed by atoms with Crippen LogP contribution in [0.25, 0.3) is 0 Å². The molecule has 1 N–H and O–H groups in total. The fourth-order valence-electron chi connectivity index (χ4n) is 3.91. The molecule has 2 aliphatic carbocycles. The van der Waals surface area contributed by atoms with Gasteiger partial charge in [-0.05, 0) is 37.5 Å². The summed E-state index contributed by atoms with van der Waals surface area (Å²) in [5, 5.41) is 9.04. The number of aliphatic carboxylic acids is 1. The van der Waals surface area contributed by atoms with E-state index in [2.05, 4.69) is 0 Å². The standard InChI is InChI=1S/C14H21NO4/c16-12(17)8-15(9-4-6-19-7-5-9)14(18)13-10-2-1-3-11(10)13/h9-11,13H,1-8H2,(H,16,17)/t10-,11-/m0/s1. The molecule has 2 saturated carbocycles. The van der Waals surface area contributed by atoms with E-state index in [0.717, 1.165) is 25.7 Å². The quantitative estimate of drug-likeness (QED) is 0.829. The molecule has 0 unspecified atom stereocenters. The lowest BCUT2D eigenvalue weighted by molar-refractivity contribution is -0.148. The number of amides is 1. The number of carbonyl (C=O) groups excluding carboxylic acids is 1. The maximum absolute atomic E-state index is 12.6. The molecule has 106 valence electrons. The highest BCUT2D eigenvalue weighted by molar-refractivity contribution is 5.86. The molecule has 0 bridgehead atoms. The van der Waals surface area contributed by atoms with Crippen LogP contribution >= 0.6 is 0 Å². The molecular formula is C14H21NO4. The minimum atomic E-state index is -0.911. The van der Waals surface area contributed by atoms with Gasteiger partial charge in [0.15, 0.2) is 0 Å². The molecular weight excluding hydrogens is 246 g/mol. The molecule has 0 spiro atoms. The lowest BCUT2D eigenvalue weighted by atomic mass is 10.0. The van der Waals surface area contributed by atoms with Crippen molar-refractivity contribution in [1.82, 2.24) is 4.90 Å². The van der Waals surface area contributed by atoms with E-state index < -0.39 is 5.97 Å². The second-order valence-electron chi connectivity index (χ2n) is 5.99. The molecule has 2 atom stereocenters. The van der Waals surface area contributed by atoms with Gasteiger partial charge in [-0.25, -0.2) is 0 Å². The van der Waals surface area contributed by atoms with Crippen molar-refractivity contribution in [3.8, 4) is 0 Å². The average Bonchev–Trinajstić information content (AvgIpc) is 2.89. The van der Waals surface area contributed by atoms with Gasteiger partial charge in [-0.2, -0.15) is 0 Å². The topological polar surface area (TPSA) is 66.8 Å². The Bertz CT molecular complexity index is 368. The van der Waals surface area contributed by atoms with Crippen LogP contribution in [-0.2, 0) is 14.3 Å². The highest BCUT2D eigenvalue weighted by Crippen LogP contribution is 2.58. The Hall–Kier alpha value is -1.10. The molecule has 1 heterocycles. The molecule has 3 fully saturated rings. The van der Waals surface area contributed by atoms with Crippen LogP contribution < -0.4 is 0 Å². The summed E-state index contributed by atoms with van der Waals surface area (Å²) >= 11 is 0. The number of rotatable bonds is 4. The third-order valence-corrected chi connectivity index (χ3v) is 4.91. The summed E-state index contributed by atoms with van der Waals surface area (Å²) in [5.74, 6) is 0.387. The number of hydrogen-bond donors (Lipinski definition) is 1. The monoisotopic (exact) mass is 267 g/mol. The minimum Gasteiger partial charge on any atom is -0.480 e. The van der Waals surface area contributed by atoms with Gasteiger partial charge < -0.3 is 14.7 Å². The molecule has 3 aliphatic rings. The fourth-order valence-corrected chi connectivity index (χ4v) is 3.91. The first kappa shape index (κ1) is 12.9. The van der Waals surface area contributed by atoms with Crippen LogP contribution in [0.15, 0.2) is 0 Å². The van der Waals surface area contributed by atoms with Gasteiger partial charge in [-0.3, -0.25) is 9.59 Å².